The third-order valence-electron chi connectivity index (χ3n) is 5.64. The quantitative estimate of drug-likeness (QED) is 0.329. The third kappa shape index (κ3) is 6.45. The first kappa shape index (κ1) is 22.8. The molecule has 2 aliphatic carbocycles. The van der Waals surface area contributed by atoms with Crippen LogP contribution in [0.1, 0.15) is 58.3 Å². The molecule has 4 unspecified atom stereocenters. The zero-order chi connectivity index (χ0) is 17.8. The number of nitrogens with zero attached hydrogens (tertiary/aromatic N) is 1. The van der Waals surface area contributed by atoms with Gasteiger partial charge in [-0.15, -0.1) is 24.0 Å². The molecule has 0 spiro atoms. The lowest BCUT2D eigenvalue weighted by Crippen LogP contribution is -2.51. The summed E-state index contributed by atoms with van der Waals surface area (Å²) >= 11 is 0. The summed E-state index contributed by atoms with van der Waals surface area (Å²) in [4.78, 5) is 4.14. The van der Waals surface area contributed by atoms with Crippen LogP contribution < -0.4 is 10.6 Å². The molecule has 0 radical (unpaired) electrons. The van der Waals surface area contributed by atoms with Gasteiger partial charge >= 0.3 is 6.18 Å². The van der Waals surface area contributed by atoms with Gasteiger partial charge < -0.3 is 15.7 Å². The molecule has 0 heterocycles. The first-order valence-corrected chi connectivity index (χ1v) is 8.96. The molecular formula is C17H31F3IN3O. The molecule has 3 N–H and O–H groups in total. The highest BCUT2D eigenvalue weighted by Gasteiger charge is 2.42. The standard InChI is InChI=1S/C17H30F3N3O.HI/c1-16(9-4-3-8-14(16)24)11-22-15(21-2)23-13-7-5-6-12(10-13)17(18,19)20;/h12-14,24H,3-11H2,1-2H3,(H2,21,22,23);1H. The van der Waals surface area contributed by atoms with Crippen LogP contribution >= 0.6 is 24.0 Å². The molecule has 0 bridgehead atoms. The molecule has 2 saturated carbocycles. The van der Waals surface area contributed by atoms with Gasteiger partial charge in [0, 0.05) is 25.0 Å². The van der Waals surface area contributed by atoms with E-state index >= 15 is 0 Å². The van der Waals surface area contributed by atoms with Gasteiger partial charge in [-0.1, -0.05) is 26.2 Å². The van der Waals surface area contributed by atoms with Gasteiger partial charge in [-0.25, -0.2) is 0 Å². The lowest BCUT2D eigenvalue weighted by atomic mass is 9.73. The Bertz CT molecular complexity index is 447. The molecule has 0 amide bonds. The number of aliphatic hydroxyl groups excluding tert-OH is 1. The summed E-state index contributed by atoms with van der Waals surface area (Å²) in [6.45, 7) is 2.63. The van der Waals surface area contributed by atoms with Crippen LogP contribution in [-0.4, -0.2) is 43.0 Å². The fourth-order valence-electron chi connectivity index (χ4n) is 3.88. The number of aliphatic hydroxyl groups is 1. The molecule has 2 aliphatic rings. The Kier molecular flexibility index (Phi) is 8.77. The van der Waals surface area contributed by atoms with Crippen LogP contribution in [0, 0.1) is 11.3 Å². The Morgan fingerprint density at radius 2 is 1.92 bits per heavy atom. The first-order chi connectivity index (χ1) is 11.2. The van der Waals surface area contributed by atoms with Crippen LogP contribution in [0.15, 0.2) is 4.99 Å². The van der Waals surface area contributed by atoms with Gasteiger partial charge in [-0.05, 0) is 32.1 Å². The SMILES string of the molecule is CN=C(NCC1(C)CCCCC1O)NC1CCCC(C(F)(F)F)C1.I. The van der Waals surface area contributed by atoms with E-state index in [9.17, 15) is 18.3 Å². The molecule has 0 aromatic heterocycles. The fourth-order valence-corrected chi connectivity index (χ4v) is 3.88. The monoisotopic (exact) mass is 477 g/mol. The van der Waals surface area contributed by atoms with Crippen LogP contribution in [-0.2, 0) is 0 Å². The molecular weight excluding hydrogens is 446 g/mol. The predicted octanol–water partition coefficient (Wildman–Crippen LogP) is 3.83. The zero-order valence-corrected chi connectivity index (χ0v) is 17.4. The number of halogens is 4. The minimum Gasteiger partial charge on any atom is -0.392 e. The number of rotatable bonds is 3. The second kappa shape index (κ2) is 9.62. The van der Waals surface area contributed by atoms with Crippen LogP contribution in [0.2, 0.25) is 0 Å². The van der Waals surface area contributed by atoms with Gasteiger partial charge in [0.05, 0.1) is 12.0 Å². The van der Waals surface area contributed by atoms with Gasteiger partial charge in [0.2, 0.25) is 0 Å². The van der Waals surface area contributed by atoms with E-state index in [1.165, 1.54) is 0 Å². The Balaban J connectivity index is 0.00000312. The average Bonchev–Trinajstić information content (AvgIpc) is 2.54. The summed E-state index contributed by atoms with van der Waals surface area (Å²) in [6, 6.07) is -0.208. The van der Waals surface area contributed by atoms with Gasteiger partial charge in [0.15, 0.2) is 5.96 Å². The van der Waals surface area contributed by atoms with Crippen molar-refractivity contribution in [1.29, 1.82) is 0 Å². The topological polar surface area (TPSA) is 56.7 Å². The Morgan fingerprint density at radius 1 is 1.20 bits per heavy atom. The molecule has 0 aliphatic heterocycles. The van der Waals surface area contributed by atoms with Crippen LogP contribution in [0.5, 0.6) is 0 Å². The highest BCUT2D eigenvalue weighted by Crippen LogP contribution is 2.38. The fraction of sp³-hybridized carbons (Fsp3) is 0.941. The lowest BCUT2D eigenvalue weighted by Gasteiger charge is -2.39. The Morgan fingerprint density at radius 3 is 2.52 bits per heavy atom. The van der Waals surface area contributed by atoms with E-state index in [4.69, 9.17) is 0 Å². The Labute approximate surface area is 165 Å². The first-order valence-electron chi connectivity index (χ1n) is 8.96. The third-order valence-corrected chi connectivity index (χ3v) is 5.64. The molecule has 0 aromatic rings. The maximum Gasteiger partial charge on any atom is 0.391 e. The maximum atomic E-state index is 12.9. The van der Waals surface area contributed by atoms with Crippen molar-refractivity contribution < 1.29 is 18.3 Å². The second-order valence-corrected chi connectivity index (χ2v) is 7.59. The molecule has 8 heteroatoms. The summed E-state index contributed by atoms with van der Waals surface area (Å²) < 4.78 is 38.8. The maximum absolute atomic E-state index is 12.9. The smallest absolute Gasteiger partial charge is 0.391 e. The average molecular weight is 477 g/mol. The largest absolute Gasteiger partial charge is 0.392 e. The molecule has 148 valence electrons. The predicted molar refractivity (Wildman–Crippen MR) is 104 cm³/mol. The highest BCUT2D eigenvalue weighted by molar-refractivity contribution is 14.0. The summed E-state index contributed by atoms with van der Waals surface area (Å²) in [6.07, 6.45) is 1.06. The van der Waals surface area contributed by atoms with E-state index in [0.29, 0.717) is 18.9 Å². The van der Waals surface area contributed by atoms with Crippen LogP contribution in [0.3, 0.4) is 0 Å². The number of nitrogens with one attached hydrogen (secondary N) is 2. The van der Waals surface area contributed by atoms with Gasteiger partial charge in [0.25, 0.3) is 0 Å². The number of hydrogen-bond donors (Lipinski definition) is 3. The summed E-state index contributed by atoms with van der Waals surface area (Å²) in [5.74, 6) is -0.693. The van der Waals surface area contributed by atoms with E-state index in [2.05, 4.69) is 22.5 Å². The minimum absolute atomic E-state index is 0. The van der Waals surface area contributed by atoms with E-state index in [0.717, 1.165) is 32.1 Å². The van der Waals surface area contributed by atoms with Crippen molar-refractivity contribution in [2.24, 2.45) is 16.3 Å². The minimum atomic E-state index is -4.11. The summed E-state index contributed by atoms with van der Waals surface area (Å²) in [5.41, 5.74) is -0.211. The number of aliphatic imine (C=N–C) groups is 1. The van der Waals surface area contributed by atoms with E-state index in [1.54, 1.807) is 7.05 Å². The van der Waals surface area contributed by atoms with E-state index in [-0.39, 0.29) is 54.4 Å². The van der Waals surface area contributed by atoms with Gasteiger partial charge in [0.1, 0.15) is 0 Å². The zero-order valence-electron chi connectivity index (χ0n) is 15.0. The second-order valence-electron chi connectivity index (χ2n) is 7.59. The Hall–Kier alpha value is -0.250. The molecule has 4 nitrogen and oxygen atoms in total. The lowest BCUT2D eigenvalue weighted by molar-refractivity contribution is -0.183. The molecule has 0 aromatic carbocycles. The number of alkyl halides is 3. The molecule has 4 atom stereocenters. The number of hydrogen-bond acceptors (Lipinski definition) is 2. The molecule has 2 fully saturated rings. The summed E-state index contributed by atoms with van der Waals surface area (Å²) in [5, 5.41) is 16.6. The van der Waals surface area contributed by atoms with Crippen molar-refractivity contribution in [3.8, 4) is 0 Å². The summed E-state index contributed by atoms with van der Waals surface area (Å²) in [7, 11) is 1.62. The normalized spacial score (nSPS) is 34.2. The van der Waals surface area contributed by atoms with Crippen molar-refractivity contribution in [2.45, 2.75) is 76.6 Å². The molecule has 0 saturated heterocycles. The van der Waals surface area contributed by atoms with E-state index in [1.807, 2.05) is 0 Å². The van der Waals surface area contributed by atoms with Crippen molar-refractivity contribution in [3.63, 3.8) is 0 Å². The molecule has 2 rings (SSSR count). The van der Waals surface area contributed by atoms with Crippen molar-refractivity contribution in [1.82, 2.24) is 10.6 Å². The van der Waals surface area contributed by atoms with Crippen LogP contribution in [0.4, 0.5) is 13.2 Å². The van der Waals surface area contributed by atoms with Crippen molar-refractivity contribution in [2.75, 3.05) is 13.6 Å². The van der Waals surface area contributed by atoms with Crippen molar-refractivity contribution >= 4 is 29.9 Å². The van der Waals surface area contributed by atoms with Crippen molar-refractivity contribution in [3.05, 3.63) is 0 Å². The van der Waals surface area contributed by atoms with E-state index < -0.39 is 12.1 Å². The van der Waals surface area contributed by atoms with Crippen LogP contribution in [0.25, 0.3) is 0 Å². The number of guanidine groups is 1. The molecule has 25 heavy (non-hydrogen) atoms. The van der Waals surface area contributed by atoms with Gasteiger partial charge in [-0.3, -0.25) is 4.99 Å². The highest BCUT2D eigenvalue weighted by atomic mass is 127. The van der Waals surface area contributed by atoms with Gasteiger partial charge in [-0.2, -0.15) is 13.2 Å².